The highest BCUT2D eigenvalue weighted by Crippen LogP contribution is 2.45. The first-order valence-electron chi connectivity index (χ1n) is 17.5. The predicted octanol–water partition coefficient (Wildman–Crippen LogP) is 5.90. The van der Waals surface area contributed by atoms with Gasteiger partial charge >= 0.3 is 5.97 Å². The van der Waals surface area contributed by atoms with E-state index >= 15 is 0 Å². The molecule has 1 saturated heterocycles. The number of cyclic esters (lactones) is 1. The lowest BCUT2D eigenvalue weighted by molar-refractivity contribution is -0.157. The van der Waals surface area contributed by atoms with Crippen LogP contribution in [0.2, 0.25) is 5.02 Å². The molecule has 0 aliphatic carbocycles. The summed E-state index contributed by atoms with van der Waals surface area (Å²) < 4.78 is 17.5. The molecular formula is C38H49ClN6O7. The van der Waals surface area contributed by atoms with Crippen LogP contribution in [0, 0.1) is 17.3 Å². The molecule has 4 rings (SSSR count). The van der Waals surface area contributed by atoms with Crippen molar-refractivity contribution in [3.63, 3.8) is 0 Å². The third-order valence-corrected chi connectivity index (χ3v) is 10.1. The molecule has 2 heterocycles. The van der Waals surface area contributed by atoms with Crippen LogP contribution < -0.4 is 20.7 Å². The maximum absolute atomic E-state index is 13.8. The number of methoxy groups -OCH3 is 1. The Balaban J connectivity index is 1.62. The fraction of sp³-hybridized carbons (Fsp3) is 0.526. The second-order valence-electron chi connectivity index (χ2n) is 14.5. The van der Waals surface area contributed by atoms with E-state index in [0.717, 1.165) is 11.1 Å². The monoisotopic (exact) mass is 736 g/mol. The Morgan fingerprint density at radius 1 is 1.02 bits per heavy atom. The van der Waals surface area contributed by atoms with Crippen LogP contribution in [0.5, 0.6) is 5.75 Å². The van der Waals surface area contributed by atoms with Gasteiger partial charge in [0.2, 0.25) is 17.7 Å². The van der Waals surface area contributed by atoms with Crippen molar-refractivity contribution in [3.05, 3.63) is 86.8 Å². The van der Waals surface area contributed by atoms with Crippen molar-refractivity contribution in [1.82, 2.24) is 16.0 Å². The first-order chi connectivity index (χ1) is 24.6. The molecule has 7 atom stereocenters. The second-order valence-corrected chi connectivity index (χ2v) is 14.9. The number of hydrogen-bond donors (Lipinski definition) is 3. The zero-order valence-corrected chi connectivity index (χ0v) is 31.5. The zero-order chi connectivity index (χ0) is 38.2. The molecule has 2 aromatic carbocycles. The molecule has 4 unspecified atom stereocenters. The second kappa shape index (κ2) is 17.8. The summed E-state index contributed by atoms with van der Waals surface area (Å²) in [5, 5.41) is 12.6. The molecule has 3 amide bonds. The van der Waals surface area contributed by atoms with Crippen molar-refractivity contribution in [2.75, 3.05) is 7.11 Å². The average molecular weight is 737 g/mol. The molecule has 0 bridgehead atoms. The summed E-state index contributed by atoms with van der Waals surface area (Å²) in [6, 6.07) is 10.1. The highest BCUT2D eigenvalue weighted by molar-refractivity contribution is 6.32. The molecule has 2 aliphatic rings. The number of carbonyl (C=O) groups is 4. The molecule has 0 spiro atoms. The van der Waals surface area contributed by atoms with Crippen LogP contribution in [0.4, 0.5) is 0 Å². The lowest BCUT2D eigenvalue weighted by Gasteiger charge is -2.34. The number of carbonyl (C=O) groups excluding carboxylic acids is 4. The molecule has 0 aromatic heterocycles. The first-order valence-corrected chi connectivity index (χ1v) is 17.9. The van der Waals surface area contributed by atoms with Crippen LogP contribution in [0.1, 0.15) is 77.2 Å². The van der Waals surface area contributed by atoms with Gasteiger partial charge in [-0.2, -0.15) is 0 Å². The number of esters is 1. The molecule has 13 nitrogen and oxygen atoms in total. The molecule has 14 heteroatoms. The maximum Gasteiger partial charge on any atom is 0.328 e. The summed E-state index contributed by atoms with van der Waals surface area (Å²) in [5.74, 6) is -1.80. The standard InChI is InChI=1S/C38H49ClN6O7/c1-21(2)17-29-36(48)51-30(22(3)33-34(52-33)26-14-11-24(12-15-26)20-41-45-40)9-8-10-32(46)43-28(19-25-13-16-31(50-7)27(39)18-25)35(47)42-23(4)38(5,6)37(49)44-29/h8,10-16,18,21-23,28-30,33-34H,9,17,19-20H2,1-7H3,(H,42,47)(H,43,46)(H,44,49)/b10-8+/t22?,23?,28-,29+,30+,33?,34?/m1/s1. The van der Waals surface area contributed by atoms with E-state index < -0.39 is 53.3 Å². The lowest BCUT2D eigenvalue weighted by atomic mass is 9.83. The summed E-state index contributed by atoms with van der Waals surface area (Å²) in [7, 11) is 1.50. The number of amides is 3. The number of nitrogens with one attached hydrogen (secondary N) is 3. The number of ether oxygens (including phenoxy) is 3. The Bertz CT molecular complexity index is 1690. The third kappa shape index (κ3) is 10.5. The van der Waals surface area contributed by atoms with Gasteiger partial charge in [-0.25, -0.2) is 4.79 Å². The highest BCUT2D eigenvalue weighted by atomic mass is 35.5. The predicted molar refractivity (Wildman–Crippen MR) is 196 cm³/mol. The minimum absolute atomic E-state index is 0.0494. The molecule has 0 saturated carbocycles. The van der Waals surface area contributed by atoms with Gasteiger partial charge in [0, 0.05) is 29.7 Å². The van der Waals surface area contributed by atoms with Gasteiger partial charge in [-0.3, -0.25) is 14.4 Å². The normalized spacial score (nSPS) is 26.6. The van der Waals surface area contributed by atoms with E-state index in [2.05, 4.69) is 26.0 Å². The van der Waals surface area contributed by atoms with Crippen LogP contribution >= 0.6 is 11.6 Å². The van der Waals surface area contributed by atoms with Crippen LogP contribution in [0.3, 0.4) is 0 Å². The van der Waals surface area contributed by atoms with Gasteiger partial charge in [0.05, 0.1) is 30.2 Å². The molecular weight excluding hydrogens is 688 g/mol. The number of hydrogen-bond acceptors (Lipinski definition) is 8. The number of halogens is 1. The summed E-state index contributed by atoms with van der Waals surface area (Å²) in [4.78, 5) is 57.4. The van der Waals surface area contributed by atoms with Gasteiger partial charge in [0.1, 0.15) is 30.0 Å². The lowest BCUT2D eigenvalue weighted by Crippen LogP contribution is -2.58. The summed E-state index contributed by atoms with van der Waals surface area (Å²) in [6.45, 7) is 11.1. The fourth-order valence-corrected chi connectivity index (χ4v) is 6.34. The Kier molecular flexibility index (Phi) is 13.7. The Labute approximate surface area is 309 Å². The van der Waals surface area contributed by atoms with Crippen molar-refractivity contribution >= 4 is 35.3 Å². The molecule has 3 N–H and O–H groups in total. The van der Waals surface area contributed by atoms with Crippen molar-refractivity contribution in [3.8, 4) is 5.75 Å². The topological polar surface area (TPSA) is 184 Å². The first kappa shape index (κ1) is 40.2. The summed E-state index contributed by atoms with van der Waals surface area (Å²) in [6.07, 6.45) is 2.34. The molecule has 52 heavy (non-hydrogen) atoms. The number of azide groups is 1. The van der Waals surface area contributed by atoms with E-state index in [9.17, 15) is 19.2 Å². The number of nitrogens with zero attached hydrogens (tertiary/aromatic N) is 3. The zero-order valence-electron chi connectivity index (χ0n) is 30.7. The molecule has 1 fully saturated rings. The average Bonchev–Trinajstić information content (AvgIpc) is 3.90. The van der Waals surface area contributed by atoms with Crippen LogP contribution in [-0.2, 0) is 41.6 Å². The van der Waals surface area contributed by atoms with E-state index in [-0.39, 0.29) is 43.4 Å². The van der Waals surface area contributed by atoms with Gasteiger partial charge in [0.25, 0.3) is 0 Å². The molecule has 2 aromatic rings. The largest absolute Gasteiger partial charge is 0.495 e. The maximum atomic E-state index is 13.8. The molecule has 0 radical (unpaired) electrons. The minimum atomic E-state index is -1.15. The summed E-state index contributed by atoms with van der Waals surface area (Å²) >= 11 is 6.36. The minimum Gasteiger partial charge on any atom is -0.495 e. The number of epoxide rings is 1. The van der Waals surface area contributed by atoms with E-state index in [1.807, 2.05) is 45.0 Å². The van der Waals surface area contributed by atoms with Gasteiger partial charge < -0.3 is 30.2 Å². The third-order valence-electron chi connectivity index (χ3n) is 9.77. The van der Waals surface area contributed by atoms with Crippen molar-refractivity contribution < 1.29 is 33.4 Å². The SMILES string of the molecule is COc1ccc(C[C@H]2NC(=O)/C=C/C[C@@H](C(C)C3OC3c3ccc(CN=[N+]=[N-])cc3)OC(=O)[C@H](CC(C)C)NC(=O)C(C)(C)C(C)NC2=O)cc1Cl. The van der Waals surface area contributed by atoms with Crippen molar-refractivity contribution in [1.29, 1.82) is 0 Å². The van der Waals surface area contributed by atoms with Crippen LogP contribution in [0.15, 0.2) is 59.7 Å². The van der Waals surface area contributed by atoms with Gasteiger partial charge in [-0.1, -0.05) is 73.9 Å². The van der Waals surface area contributed by atoms with Crippen molar-refractivity contribution in [2.24, 2.45) is 22.4 Å². The van der Waals surface area contributed by atoms with E-state index in [4.69, 9.17) is 31.3 Å². The summed E-state index contributed by atoms with van der Waals surface area (Å²) in [5.41, 5.74) is 9.95. The number of rotatable bonds is 10. The fourth-order valence-electron chi connectivity index (χ4n) is 6.06. The van der Waals surface area contributed by atoms with Crippen LogP contribution in [-0.4, -0.2) is 61.1 Å². The van der Waals surface area contributed by atoms with Gasteiger partial charge in [0.15, 0.2) is 0 Å². The quantitative estimate of drug-likeness (QED) is 0.0892. The van der Waals surface area contributed by atoms with E-state index in [1.54, 1.807) is 45.0 Å². The Hall–Kier alpha value is -4.58. The van der Waals surface area contributed by atoms with Gasteiger partial charge in [-0.05, 0) is 73.5 Å². The van der Waals surface area contributed by atoms with E-state index in [0.29, 0.717) is 22.8 Å². The van der Waals surface area contributed by atoms with E-state index in [1.165, 1.54) is 13.2 Å². The smallest absolute Gasteiger partial charge is 0.328 e. The molecule has 280 valence electrons. The molecule has 2 aliphatic heterocycles. The number of benzene rings is 2. The highest BCUT2D eigenvalue weighted by Gasteiger charge is 2.48. The van der Waals surface area contributed by atoms with Gasteiger partial charge in [-0.15, -0.1) is 0 Å². The Morgan fingerprint density at radius 2 is 1.71 bits per heavy atom. The Morgan fingerprint density at radius 3 is 2.35 bits per heavy atom. The van der Waals surface area contributed by atoms with Crippen LogP contribution in [0.25, 0.3) is 10.4 Å². The van der Waals surface area contributed by atoms with Crippen molar-refractivity contribution in [2.45, 2.75) is 104 Å².